The minimum Gasteiger partial charge on any atom is -0.535 e. The number of sulfone groups is 1. The van der Waals surface area contributed by atoms with E-state index in [0.717, 1.165) is 132 Å². The van der Waals surface area contributed by atoms with Gasteiger partial charge in [-0.1, -0.05) is 130 Å². The monoisotopic (exact) mass is 2050 g/mol. The number of pyridine rings is 4. The minimum atomic E-state index is -4.63. The summed E-state index contributed by atoms with van der Waals surface area (Å²) in [6, 6.07) is 59.3. The summed E-state index contributed by atoms with van der Waals surface area (Å²) in [5.74, 6) is -7.31. The quantitative estimate of drug-likeness (QED) is 0.00990. The molecule has 0 spiro atoms. The first-order valence-electron chi connectivity index (χ1n) is 38.2. The number of nitriles is 1. The molecule has 0 unspecified atom stereocenters. The number of ketones is 1. The van der Waals surface area contributed by atoms with E-state index in [1.54, 1.807) is 36.4 Å². The van der Waals surface area contributed by atoms with Gasteiger partial charge in [-0.05, 0) is 181 Å². The number of carbonyl (C=O) groups is 3. The zero-order valence-electron chi connectivity index (χ0n) is 70.5. The maximum Gasteiger partial charge on any atom is 0.569 e. The van der Waals surface area contributed by atoms with Crippen LogP contribution in [0.3, 0.4) is 0 Å². The lowest BCUT2D eigenvalue weighted by molar-refractivity contribution is -0.138. The Balaban J connectivity index is 0.000000203. The fourth-order valence-corrected chi connectivity index (χ4v) is 16.4. The van der Waals surface area contributed by atoms with E-state index in [-0.39, 0.29) is 57.2 Å². The smallest absolute Gasteiger partial charge is 0.535 e. The van der Waals surface area contributed by atoms with Crippen LogP contribution in [0.2, 0.25) is 10.3 Å². The highest BCUT2D eigenvalue weighted by atomic mass is 79.9. The third-order valence-electron chi connectivity index (χ3n) is 18.6. The summed E-state index contributed by atoms with van der Waals surface area (Å²) in [5, 5.41) is 30.9. The standard InChI is InChI=1S/C24H13F8NO3S.C24H18F3NOS.C16H12ClNS.C9H5BrClN.C8H7BF3O3.C6H5NO.C5H6Cl2N2O2.CH4O/c1-36-17-9-12(24(30,31)32)2-4-15(17)23-14-5-3-13(8-11(14)6-7-33-23)37(34,35)10-16-18(25)20(27)22(29)21(28)19(16)26;1-29-22-14-18(24(25,26)27)7-9-21(22)23-20-10-8-19(13-17(20)11-12-28-23)30-15-16-5-3-2-4-6-16;17-16-15-7-6-14(10-13(15)8-9-18-16)19-11-12-4-2-1-3-5-12;10-7-1-2-8-6(5-7)3-4-12-9(8)11;1-14-7-4-5(8(10,11)12)2-3-6(7)15-9-13;1-6(8)4-2-3-5-7;1-5(2)3(10)8(6)4(11)9(5)7;1-2/h2-9H,10H2,1H3;2-14H,15H2,1H3;1-10H,11H2;1-5H;2-4,13H,1H3;4H2,1H3;1-2H3;2H,1H3. The molecule has 1 fully saturated rings. The summed E-state index contributed by atoms with van der Waals surface area (Å²) in [4.78, 5) is 50.6. The molecule has 1 aliphatic heterocycles. The first-order valence-corrected chi connectivity index (χ1v) is 44.1. The van der Waals surface area contributed by atoms with Crippen molar-refractivity contribution in [3.05, 3.63) is 314 Å². The minimum absolute atomic E-state index is 0.00671. The van der Waals surface area contributed by atoms with Crippen molar-refractivity contribution in [2.75, 3.05) is 28.4 Å². The first-order chi connectivity index (χ1) is 63.4. The highest BCUT2D eigenvalue weighted by Gasteiger charge is 2.51. The van der Waals surface area contributed by atoms with E-state index in [9.17, 15) is 84.3 Å². The molecular formula is C93H70BBrCl4F14N7O11S3. The van der Waals surface area contributed by atoms with Gasteiger partial charge in [-0.2, -0.15) is 49.2 Å². The van der Waals surface area contributed by atoms with Crippen molar-refractivity contribution in [2.45, 2.75) is 83.2 Å². The number of methoxy groups -OCH3 is 3. The lowest BCUT2D eigenvalue weighted by atomic mass is 10.0. The van der Waals surface area contributed by atoms with Crippen LogP contribution >= 0.6 is 86.2 Å². The van der Waals surface area contributed by atoms with E-state index in [0.29, 0.717) is 33.7 Å². The Bertz CT molecular complexity index is 6750. The fraction of sp³-hybridized carbons (Fsp3) is 0.161. The van der Waals surface area contributed by atoms with Crippen molar-refractivity contribution in [1.82, 2.24) is 28.8 Å². The van der Waals surface area contributed by atoms with Crippen molar-refractivity contribution in [2.24, 2.45) is 0 Å². The number of aromatic nitrogens is 4. The number of benzene rings is 10. The Kier molecular flexibility index (Phi) is 39.1. The van der Waals surface area contributed by atoms with Crippen molar-refractivity contribution < 1.29 is 113 Å². The number of fused-ring (bicyclic) bond motifs is 4. The summed E-state index contributed by atoms with van der Waals surface area (Å²) in [6.45, 7) is 4.47. The van der Waals surface area contributed by atoms with Crippen LogP contribution in [0.15, 0.2) is 256 Å². The second-order valence-corrected chi connectivity index (χ2v) is 34.2. The van der Waals surface area contributed by atoms with Crippen molar-refractivity contribution in [1.29, 1.82) is 5.26 Å². The van der Waals surface area contributed by atoms with Gasteiger partial charge in [0.25, 0.3) is 5.91 Å². The van der Waals surface area contributed by atoms with Gasteiger partial charge in [0.05, 0.1) is 66.5 Å². The molecule has 15 rings (SSSR count). The number of nitrogens with zero attached hydrogens (tertiary/aromatic N) is 7. The molecule has 10 aromatic carbocycles. The Hall–Kier alpha value is -12.0. The Morgan fingerprint density at radius 3 is 1.32 bits per heavy atom. The second-order valence-electron chi connectivity index (χ2n) is 27.8. The number of rotatable bonds is 17. The van der Waals surface area contributed by atoms with Crippen LogP contribution in [0.4, 0.5) is 66.3 Å². The molecule has 0 saturated carbocycles. The molecule has 697 valence electrons. The predicted molar refractivity (Wildman–Crippen MR) is 491 cm³/mol. The lowest BCUT2D eigenvalue weighted by Gasteiger charge is -2.18. The van der Waals surface area contributed by atoms with E-state index in [1.807, 2.05) is 90.6 Å². The summed E-state index contributed by atoms with van der Waals surface area (Å²) in [5.41, 5.74) is -1.10. The van der Waals surface area contributed by atoms with Gasteiger partial charge in [-0.3, -0.25) is 19.6 Å². The van der Waals surface area contributed by atoms with Gasteiger partial charge < -0.3 is 29.0 Å². The van der Waals surface area contributed by atoms with E-state index < -0.39 is 108 Å². The SMILES string of the molecule is CC(=O)CC#CC#N.CC1(C)C(=O)N(Cl)C(=O)N1Cl.CO.COc1cc(C(F)(F)F)ccc1-c1nccc2cc(S(=O)(=O)Cc3c(F)c(F)c(F)c(F)c3F)ccc12.COc1cc(C(F)(F)F)ccc1-c1nccc2cc(SCc3ccccc3)ccc12.COc1cc(C(F)(F)F)ccc1O[B]O.Clc1nccc2cc(Br)ccc12.Clc1nccc2cc(SCc3ccccc3)ccc12. The number of ether oxygens (including phenoxy) is 3. The van der Waals surface area contributed by atoms with E-state index >= 15 is 0 Å². The van der Waals surface area contributed by atoms with Crippen LogP contribution in [0.5, 0.6) is 23.0 Å². The van der Waals surface area contributed by atoms with Crippen LogP contribution in [0, 0.1) is 52.3 Å². The Morgan fingerprint density at radius 1 is 0.522 bits per heavy atom. The molecule has 0 bridgehead atoms. The number of hydrogen-bond donors (Lipinski definition) is 2. The molecule has 41 heteroatoms. The van der Waals surface area contributed by atoms with Crippen LogP contribution in [0.25, 0.3) is 65.6 Å². The van der Waals surface area contributed by atoms with Gasteiger partial charge in [0, 0.05) is 125 Å². The number of hydrogen-bond acceptors (Lipinski definition) is 18. The number of aliphatic hydroxyl groups is 1. The molecule has 2 N–H and O–H groups in total. The van der Waals surface area contributed by atoms with Crippen molar-refractivity contribution in [3.8, 4) is 63.4 Å². The maximum absolute atomic E-state index is 14.0. The Labute approximate surface area is 795 Å². The highest BCUT2D eigenvalue weighted by molar-refractivity contribution is 9.10. The number of alkyl halides is 9. The summed E-state index contributed by atoms with van der Waals surface area (Å²) in [7, 11) is 0.484. The number of amides is 3. The molecule has 0 atom stereocenters. The normalized spacial score (nSPS) is 12.0. The molecule has 134 heavy (non-hydrogen) atoms. The maximum atomic E-state index is 14.0. The molecule has 0 aliphatic carbocycles. The molecule has 3 amide bonds. The highest BCUT2D eigenvalue weighted by Crippen LogP contribution is 2.44. The zero-order valence-corrected chi connectivity index (χ0v) is 77.6. The van der Waals surface area contributed by atoms with E-state index in [2.05, 4.69) is 112 Å². The lowest BCUT2D eigenvalue weighted by Crippen LogP contribution is -2.38. The van der Waals surface area contributed by atoms with Gasteiger partial charge in [0.2, 0.25) is 5.82 Å². The summed E-state index contributed by atoms with van der Waals surface area (Å²) >= 11 is 29.7. The van der Waals surface area contributed by atoms with Gasteiger partial charge >= 0.3 is 32.2 Å². The zero-order chi connectivity index (χ0) is 98.7. The van der Waals surface area contributed by atoms with Crippen LogP contribution in [-0.2, 0) is 55.2 Å². The number of thioether (sulfide) groups is 2. The summed E-state index contributed by atoms with van der Waals surface area (Å²) < 4.78 is 231. The van der Waals surface area contributed by atoms with E-state index in [1.165, 1.54) is 75.4 Å². The molecule has 4 aromatic heterocycles. The van der Waals surface area contributed by atoms with Crippen LogP contribution < -0.4 is 18.9 Å². The van der Waals surface area contributed by atoms with Gasteiger partial charge in [-0.15, -0.1) is 23.5 Å². The number of halogens is 19. The summed E-state index contributed by atoms with van der Waals surface area (Å²) in [6.07, 6.45) is -6.94. The number of imide groups is 1. The van der Waals surface area contributed by atoms with Crippen LogP contribution in [0.1, 0.15) is 60.6 Å². The third-order valence-corrected chi connectivity index (χ3v) is 24.3. The average Bonchev–Trinajstić information content (AvgIpc) is 1.05. The topological polar surface area (TPSA) is 245 Å². The first kappa shape index (κ1) is 107. The Morgan fingerprint density at radius 2 is 0.918 bits per heavy atom. The van der Waals surface area contributed by atoms with E-state index in [4.69, 9.17) is 71.6 Å². The van der Waals surface area contributed by atoms with Gasteiger partial charge in [-0.25, -0.2) is 49.6 Å². The predicted octanol–water partition coefficient (Wildman–Crippen LogP) is 25.7. The molecule has 18 nitrogen and oxygen atoms in total. The number of Topliss-reactive ketones (excluding diaryl/α,β-unsaturated/α-hetero) is 1. The number of aliphatic hydroxyl groups excluding tert-OH is 1. The fourth-order valence-electron chi connectivity index (χ4n) is 11.9. The van der Waals surface area contributed by atoms with Gasteiger partial charge in [0.1, 0.15) is 38.9 Å². The van der Waals surface area contributed by atoms with Crippen molar-refractivity contribution >= 4 is 165 Å². The molecule has 1 radical (unpaired) electrons. The van der Waals surface area contributed by atoms with Crippen molar-refractivity contribution in [3.63, 3.8) is 0 Å². The van der Waals surface area contributed by atoms with Crippen LogP contribution in [-0.4, -0.2) is 107 Å². The average molecular weight is 2060 g/mol. The number of urea groups is 1. The third kappa shape index (κ3) is 28.5. The van der Waals surface area contributed by atoms with Gasteiger partial charge in [0.15, 0.2) is 44.9 Å². The largest absolute Gasteiger partial charge is 0.569 e. The molecule has 1 saturated heterocycles. The number of carbonyl (C=O) groups excluding carboxylic acids is 3. The second kappa shape index (κ2) is 48.8. The molecule has 5 heterocycles. The molecule has 1 aliphatic rings. The molecular weight excluding hydrogens is 1990 g/mol. The molecule has 14 aromatic rings.